The van der Waals surface area contributed by atoms with E-state index < -0.39 is 5.41 Å². The molecule has 0 aromatic heterocycles. The Kier molecular flexibility index (Phi) is 5.97. The third-order valence-corrected chi connectivity index (χ3v) is 4.31. The van der Waals surface area contributed by atoms with Gasteiger partial charge in [0.05, 0.1) is 0 Å². The molecule has 2 rings (SSSR count). The molecule has 0 bridgehead atoms. The number of hydrogen-bond donors (Lipinski definition) is 1. The van der Waals surface area contributed by atoms with Crippen LogP contribution in [0.1, 0.15) is 31.9 Å². The summed E-state index contributed by atoms with van der Waals surface area (Å²) in [6, 6.07) is 17.4. The van der Waals surface area contributed by atoms with Crippen LogP contribution in [0.25, 0.3) is 0 Å². The summed E-state index contributed by atoms with van der Waals surface area (Å²) in [5.74, 6) is -0.477. The summed E-state index contributed by atoms with van der Waals surface area (Å²) < 4.78 is 0. The van der Waals surface area contributed by atoms with Gasteiger partial charge in [-0.15, -0.1) is 0 Å². The standard InChI is InChI=1S/C21H26N2O2/c1-5-23(18-9-7-6-8-10-18)20(25)21(3,4)19(24)22-15-17-13-11-16(2)12-14-17/h6-14H,5,15H2,1-4H3,(H,22,24). The van der Waals surface area contributed by atoms with E-state index >= 15 is 0 Å². The number of rotatable bonds is 6. The molecular formula is C21H26N2O2. The van der Waals surface area contributed by atoms with Gasteiger partial charge in [0.2, 0.25) is 11.8 Å². The zero-order valence-corrected chi connectivity index (χ0v) is 15.4. The van der Waals surface area contributed by atoms with Crippen LogP contribution in [0.3, 0.4) is 0 Å². The van der Waals surface area contributed by atoms with Gasteiger partial charge in [-0.05, 0) is 45.4 Å². The van der Waals surface area contributed by atoms with Gasteiger partial charge < -0.3 is 10.2 Å². The van der Waals surface area contributed by atoms with Gasteiger partial charge in [-0.1, -0.05) is 48.0 Å². The lowest BCUT2D eigenvalue weighted by molar-refractivity contribution is -0.139. The molecule has 2 amide bonds. The molecule has 132 valence electrons. The quantitative estimate of drug-likeness (QED) is 0.817. The van der Waals surface area contributed by atoms with Crippen LogP contribution in [0, 0.1) is 12.3 Å². The van der Waals surface area contributed by atoms with Crippen LogP contribution in [0.15, 0.2) is 54.6 Å². The van der Waals surface area contributed by atoms with Gasteiger partial charge >= 0.3 is 0 Å². The van der Waals surface area contributed by atoms with E-state index in [0.29, 0.717) is 13.1 Å². The second-order valence-corrected chi connectivity index (χ2v) is 6.68. The lowest BCUT2D eigenvalue weighted by Gasteiger charge is -2.30. The van der Waals surface area contributed by atoms with Crippen LogP contribution in [0.5, 0.6) is 0 Å². The maximum atomic E-state index is 13.0. The Labute approximate surface area is 149 Å². The number of amides is 2. The third kappa shape index (κ3) is 4.47. The molecule has 2 aromatic carbocycles. The highest BCUT2D eigenvalue weighted by molar-refractivity contribution is 6.10. The monoisotopic (exact) mass is 338 g/mol. The Bertz CT molecular complexity index is 721. The van der Waals surface area contributed by atoms with E-state index in [1.165, 1.54) is 5.56 Å². The Morgan fingerprint density at radius 1 is 1.00 bits per heavy atom. The van der Waals surface area contributed by atoms with Crippen molar-refractivity contribution in [1.29, 1.82) is 0 Å². The number of benzene rings is 2. The number of carbonyl (C=O) groups is 2. The lowest BCUT2D eigenvalue weighted by Crippen LogP contribution is -2.49. The molecule has 0 fully saturated rings. The molecular weight excluding hydrogens is 312 g/mol. The van der Waals surface area contributed by atoms with Crippen LogP contribution < -0.4 is 10.2 Å². The van der Waals surface area contributed by atoms with Crippen molar-refractivity contribution in [2.75, 3.05) is 11.4 Å². The molecule has 4 nitrogen and oxygen atoms in total. The van der Waals surface area contributed by atoms with Crippen molar-refractivity contribution in [2.24, 2.45) is 5.41 Å². The fourth-order valence-electron chi connectivity index (χ4n) is 2.60. The van der Waals surface area contributed by atoms with Crippen LogP contribution in [-0.2, 0) is 16.1 Å². The van der Waals surface area contributed by atoms with Crippen LogP contribution >= 0.6 is 0 Å². The Morgan fingerprint density at radius 3 is 2.16 bits per heavy atom. The topological polar surface area (TPSA) is 49.4 Å². The fraction of sp³-hybridized carbons (Fsp3) is 0.333. The molecule has 0 unspecified atom stereocenters. The van der Waals surface area contributed by atoms with E-state index in [9.17, 15) is 9.59 Å². The molecule has 0 spiro atoms. The van der Waals surface area contributed by atoms with Gasteiger partial charge in [-0.3, -0.25) is 9.59 Å². The molecule has 0 aliphatic rings. The fourth-order valence-corrected chi connectivity index (χ4v) is 2.60. The van der Waals surface area contributed by atoms with E-state index in [1.54, 1.807) is 18.7 Å². The second kappa shape index (κ2) is 7.97. The van der Waals surface area contributed by atoms with Gasteiger partial charge in [0, 0.05) is 18.8 Å². The summed E-state index contributed by atoms with van der Waals surface area (Å²) in [5, 5.41) is 2.88. The highest BCUT2D eigenvalue weighted by Crippen LogP contribution is 2.24. The molecule has 0 atom stereocenters. The normalized spacial score (nSPS) is 11.0. The number of para-hydroxylation sites is 1. The number of nitrogens with zero attached hydrogens (tertiary/aromatic N) is 1. The summed E-state index contributed by atoms with van der Waals surface area (Å²) in [6.07, 6.45) is 0. The van der Waals surface area contributed by atoms with Crippen molar-refractivity contribution in [3.63, 3.8) is 0 Å². The number of anilines is 1. The van der Waals surface area contributed by atoms with E-state index in [0.717, 1.165) is 11.3 Å². The van der Waals surface area contributed by atoms with Crippen molar-refractivity contribution < 1.29 is 9.59 Å². The first-order chi connectivity index (χ1) is 11.9. The number of carbonyl (C=O) groups excluding carboxylic acids is 2. The Balaban J connectivity index is 2.08. The molecule has 0 aliphatic heterocycles. The second-order valence-electron chi connectivity index (χ2n) is 6.68. The van der Waals surface area contributed by atoms with Crippen molar-refractivity contribution in [3.8, 4) is 0 Å². The minimum absolute atomic E-state index is 0.206. The van der Waals surface area contributed by atoms with Gasteiger partial charge in [0.25, 0.3) is 0 Å². The Morgan fingerprint density at radius 2 is 1.60 bits per heavy atom. The molecule has 25 heavy (non-hydrogen) atoms. The third-order valence-electron chi connectivity index (χ3n) is 4.31. The molecule has 0 saturated carbocycles. The maximum absolute atomic E-state index is 13.0. The molecule has 0 heterocycles. The highest BCUT2D eigenvalue weighted by atomic mass is 16.2. The first-order valence-electron chi connectivity index (χ1n) is 8.57. The first-order valence-corrected chi connectivity index (χ1v) is 8.57. The van der Waals surface area contributed by atoms with Crippen molar-refractivity contribution >= 4 is 17.5 Å². The summed E-state index contributed by atoms with van der Waals surface area (Å²) in [4.78, 5) is 27.2. The largest absolute Gasteiger partial charge is 0.351 e. The van der Waals surface area contributed by atoms with E-state index in [1.807, 2.05) is 68.4 Å². The summed E-state index contributed by atoms with van der Waals surface area (Å²) in [6.45, 7) is 8.19. The van der Waals surface area contributed by atoms with Gasteiger partial charge in [0.15, 0.2) is 0 Å². The SMILES string of the molecule is CCN(C(=O)C(C)(C)C(=O)NCc1ccc(C)cc1)c1ccccc1. The van der Waals surface area contributed by atoms with Crippen LogP contribution in [-0.4, -0.2) is 18.4 Å². The zero-order valence-electron chi connectivity index (χ0n) is 15.4. The highest BCUT2D eigenvalue weighted by Gasteiger charge is 2.39. The lowest BCUT2D eigenvalue weighted by atomic mass is 9.89. The summed E-state index contributed by atoms with van der Waals surface area (Å²) in [5.41, 5.74) is 1.84. The average Bonchev–Trinajstić information content (AvgIpc) is 2.62. The number of aryl methyl sites for hydroxylation is 1. The molecule has 0 radical (unpaired) electrons. The molecule has 2 aromatic rings. The predicted molar refractivity (Wildman–Crippen MR) is 101 cm³/mol. The minimum atomic E-state index is -1.14. The smallest absolute Gasteiger partial charge is 0.242 e. The minimum Gasteiger partial charge on any atom is -0.351 e. The predicted octanol–water partition coefficient (Wildman–Crippen LogP) is 3.69. The molecule has 4 heteroatoms. The first kappa shape index (κ1) is 18.7. The summed E-state index contributed by atoms with van der Waals surface area (Å²) >= 11 is 0. The molecule has 0 aliphatic carbocycles. The van der Waals surface area contributed by atoms with Crippen molar-refractivity contribution in [3.05, 3.63) is 65.7 Å². The van der Waals surface area contributed by atoms with Crippen LogP contribution in [0.2, 0.25) is 0 Å². The molecule has 1 N–H and O–H groups in total. The van der Waals surface area contributed by atoms with Gasteiger partial charge in [-0.25, -0.2) is 0 Å². The molecule has 0 saturated heterocycles. The van der Waals surface area contributed by atoms with Gasteiger partial charge in [-0.2, -0.15) is 0 Å². The number of hydrogen-bond acceptors (Lipinski definition) is 2. The summed E-state index contributed by atoms with van der Waals surface area (Å²) in [7, 11) is 0. The van der Waals surface area contributed by atoms with Crippen molar-refractivity contribution in [1.82, 2.24) is 5.32 Å². The van der Waals surface area contributed by atoms with E-state index in [4.69, 9.17) is 0 Å². The van der Waals surface area contributed by atoms with E-state index in [2.05, 4.69) is 5.32 Å². The van der Waals surface area contributed by atoms with Crippen LogP contribution in [0.4, 0.5) is 5.69 Å². The average molecular weight is 338 g/mol. The maximum Gasteiger partial charge on any atom is 0.242 e. The zero-order chi connectivity index (χ0) is 18.4. The Hall–Kier alpha value is -2.62. The number of nitrogens with one attached hydrogen (secondary N) is 1. The van der Waals surface area contributed by atoms with Crippen molar-refractivity contribution in [2.45, 2.75) is 34.2 Å². The van der Waals surface area contributed by atoms with E-state index in [-0.39, 0.29) is 11.8 Å². The van der Waals surface area contributed by atoms with Gasteiger partial charge in [0.1, 0.15) is 5.41 Å².